The number of anilines is 1. The van der Waals surface area contributed by atoms with Crippen molar-refractivity contribution >= 4 is 22.3 Å². The maximum Gasteiger partial charge on any atom is 0.281 e. The van der Waals surface area contributed by atoms with E-state index in [-0.39, 0.29) is 11.4 Å². The molecule has 1 N–H and O–H groups in total. The molecule has 3 rings (SSSR count). The van der Waals surface area contributed by atoms with Gasteiger partial charge in [-0.1, -0.05) is 6.92 Å². The van der Waals surface area contributed by atoms with Crippen molar-refractivity contribution < 1.29 is 9.31 Å². The van der Waals surface area contributed by atoms with Crippen molar-refractivity contribution in [2.75, 3.05) is 11.9 Å². The Morgan fingerprint density at radius 2 is 2.35 bits per heavy atom. The molecule has 1 aliphatic rings. The molecule has 0 amide bonds. The van der Waals surface area contributed by atoms with E-state index in [2.05, 4.69) is 17.2 Å². The van der Waals surface area contributed by atoms with E-state index in [4.69, 9.17) is 0 Å². The second-order valence-electron chi connectivity index (χ2n) is 5.26. The number of nitrogens with one attached hydrogen (secondary N) is 1. The number of halogens is 1. The predicted octanol–water partition coefficient (Wildman–Crippen LogP) is 3.35. The average molecular weight is 275 g/mol. The molecule has 20 heavy (non-hydrogen) atoms. The highest BCUT2D eigenvalue weighted by molar-refractivity contribution is 5.97. The molecule has 5 nitrogen and oxygen atoms in total. The van der Waals surface area contributed by atoms with Crippen LogP contribution >= 0.6 is 0 Å². The zero-order valence-corrected chi connectivity index (χ0v) is 11.0. The topological polar surface area (TPSA) is 68.1 Å². The second-order valence-corrected chi connectivity index (χ2v) is 5.26. The van der Waals surface area contributed by atoms with Crippen LogP contribution in [-0.4, -0.2) is 16.5 Å². The number of aromatic nitrogens is 1. The quantitative estimate of drug-likeness (QED) is 0.686. The van der Waals surface area contributed by atoms with Gasteiger partial charge in [-0.2, -0.15) is 0 Å². The van der Waals surface area contributed by atoms with Gasteiger partial charge in [-0.15, -0.1) is 0 Å². The molecule has 0 bridgehead atoms. The van der Waals surface area contributed by atoms with Crippen molar-refractivity contribution in [3.63, 3.8) is 0 Å². The van der Waals surface area contributed by atoms with Crippen LogP contribution in [0.4, 0.5) is 15.8 Å². The van der Waals surface area contributed by atoms with E-state index in [9.17, 15) is 14.5 Å². The Balaban J connectivity index is 2.04. The van der Waals surface area contributed by atoms with Gasteiger partial charge in [-0.3, -0.25) is 15.1 Å². The van der Waals surface area contributed by atoms with Gasteiger partial charge in [-0.25, -0.2) is 4.39 Å². The smallest absolute Gasteiger partial charge is 0.281 e. The van der Waals surface area contributed by atoms with Crippen LogP contribution in [0, 0.1) is 27.8 Å². The molecule has 0 radical (unpaired) electrons. The van der Waals surface area contributed by atoms with E-state index in [1.807, 2.05) is 0 Å². The molecule has 1 fully saturated rings. The highest BCUT2D eigenvalue weighted by atomic mass is 19.1. The lowest BCUT2D eigenvalue weighted by Crippen LogP contribution is -2.08. The monoisotopic (exact) mass is 275 g/mol. The van der Waals surface area contributed by atoms with E-state index < -0.39 is 10.7 Å². The molecule has 6 heteroatoms. The molecule has 1 aromatic carbocycles. The maximum absolute atomic E-state index is 14.1. The summed E-state index contributed by atoms with van der Waals surface area (Å²) < 4.78 is 14.1. The van der Waals surface area contributed by atoms with Crippen LogP contribution in [0.15, 0.2) is 24.4 Å². The first kappa shape index (κ1) is 12.8. The zero-order valence-electron chi connectivity index (χ0n) is 11.0. The summed E-state index contributed by atoms with van der Waals surface area (Å²) in [4.78, 5) is 14.5. The molecule has 2 unspecified atom stereocenters. The van der Waals surface area contributed by atoms with Crippen LogP contribution in [0.1, 0.15) is 13.3 Å². The van der Waals surface area contributed by atoms with Gasteiger partial charge in [0.2, 0.25) is 0 Å². The summed E-state index contributed by atoms with van der Waals surface area (Å²) in [5.41, 5.74) is 0.314. The average Bonchev–Trinajstić information content (AvgIpc) is 3.12. The number of nitro groups is 1. The third-order valence-electron chi connectivity index (χ3n) is 3.84. The molecular weight excluding hydrogens is 261 g/mol. The Morgan fingerprint density at radius 1 is 1.60 bits per heavy atom. The van der Waals surface area contributed by atoms with Crippen molar-refractivity contribution in [2.24, 2.45) is 11.8 Å². The van der Waals surface area contributed by atoms with Crippen LogP contribution in [0.3, 0.4) is 0 Å². The molecule has 0 aliphatic heterocycles. The Morgan fingerprint density at radius 3 is 3.00 bits per heavy atom. The minimum atomic E-state index is -0.629. The molecule has 104 valence electrons. The molecule has 1 heterocycles. The van der Waals surface area contributed by atoms with Crippen molar-refractivity contribution in [1.82, 2.24) is 4.98 Å². The Labute approximate surface area is 115 Å². The number of hydrogen-bond donors (Lipinski definition) is 1. The Hall–Kier alpha value is -2.24. The molecule has 1 aromatic heterocycles. The predicted molar refractivity (Wildman–Crippen MR) is 74.1 cm³/mol. The standard InChI is InChI=1S/C14H14FN3O2/c1-8-5-9(8)7-17-14-11(15)6-12(18(19)20)10-3-2-4-16-13(10)14/h2-4,6,8-9,17H,5,7H2,1H3. The number of nitrogens with zero attached hydrogens (tertiary/aromatic N) is 2. The van der Waals surface area contributed by atoms with E-state index in [0.29, 0.717) is 29.3 Å². The summed E-state index contributed by atoms with van der Waals surface area (Å²) in [5.74, 6) is 0.572. The first-order valence-electron chi connectivity index (χ1n) is 6.53. The number of benzene rings is 1. The van der Waals surface area contributed by atoms with Crippen molar-refractivity contribution in [3.8, 4) is 0 Å². The maximum atomic E-state index is 14.1. The Kier molecular flexibility index (Phi) is 3.00. The van der Waals surface area contributed by atoms with Gasteiger partial charge in [0.15, 0.2) is 5.82 Å². The highest BCUT2D eigenvalue weighted by Crippen LogP contribution is 2.39. The summed E-state index contributed by atoms with van der Waals surface area (Å²) in [7, 11) is 0. The highest BCUT2D eigenvalue weighted by Gasteiger charge is 2.32. The summed E-state index contributed by atoms with van der Waals surface area (Å²) in [5, 5.41) is 14.4. The summed E-state index contributed by atoms with van der Waals surface area (Å²) in [6.45, 7) is 2.82. The normalized spacial score (nSPS) is 20.9. The van der Waals surface area contributed by atoms with Crippen LogP contribution < -0.4 is 5.32 Å². The fourth-order valence-corrected chi connectivity index (χ4v) is 2.43. The third-order valence-corrected chi connectivity index (χ3v) is 3.84. The van der Waals surface area contributed by atoms with Crippen molar-refractivity contribution in [3.05, 3.63) is 40.3 Å². The second kappa shape index (κ2) is 4.70. The molecule has 1 aliphatic carbocycles. The number of hydrogen-bond acceptors (Lipinski definition) is 4. The zero-order chi connectivity index (χ0) is 14.3. The van der Waals surface area contributed by atoms with Gasteiger partial charge in [-0.05, 0) is 30.4 Å². The SMILES string of the molecule is CC1CC1CNc1c(F)cc([N+](=O)[O-])c2cccnc12. The molecule has 0 saturated heterocycles. The lowest BCUT2D eigenvalue weighted by Gasteiger charge is -2.10. The largest absolute Gasteiger partial charge is 0.381 e. The van der Waals surface area contributed by atoms with Gasteiger partial charge in [0.05, 0.1) is 22.1 Å². The van der Waals surface area contributed by atoms with Crippen LogP contribution in [0.5, 0.6) is 0 Å². The molecular formula is C14H14FN3O2. The van der Waals surface area contributed by atoms with Crippen molar-refractivity contribution in [2.45, 2.75) is 13.3 Å². The summed E-state index contributed by atoms with van der Waals surface area (Å²) >= 11 is 0. The lowest BCUT2D eigenvalue weighted by molar-refractivity contribution is -0.383. The van der Waals surface area contributed by atoms with Gasteiger partial charge in [0.1, 0.15) is 5.52 Å². The molecule has 2 aromatic rings. The molecule has 0 spiro atoms. The third kappa shape index (κ3) is 2.17. The Bertz CT molecular complexity index is 689. The van der Waals surface area contributed by atoms with Crippen molar-refractivity contribution in [1.29, 1.82) is 0 Å². The minimum absolute atomic E-state index is 0.254. The van der Waals surface area contributed by atoms with Gasteiger partial charge in [0, 0.05) is 12.7 Å². The fraction of sp³-hybridized carbons (Fsp3) is 0.357. The van der Waals surface area contributed by atoms with E-state index >= 15 is 0 Å². The van der Waals surface area contributed by atoms with Crippen LogP contribution in [-0.2, 0) is 0 Å². The fourth-order valence-electron chi connectivity index (χ4n) is 2.43. The van der Waals surface area contributed by atoms with E-state index in [1.54, 1.807) is 12.1 Å². The molecule has 1 saturated carbocycles. The van der Waals surface area contributed by atoms with Crippen LogP contribution in [0.25, 0.3) is 10.9 Å². The number of nitro benzene ring substituents is 1. The van der Waals surface area contributed by atoms with Gasteiger partial charge in [0.25, 0.3) is 5.69 Å². The van der Waals surface area contributed by atoms with E-state index in [0.717, 1.165) is 12.5 Å². The van der Waals surface area contributed by atoms with Gasteiger partial charge >= 0.3 is 0 Å². The van der Waals surface area contributed by atoms with E-state index in [1.165, 1.54) is 6.20 Å². The number of rotatable bonds is 4. The van der Waals surface area contributed by atoms with Crippen LogP contribution in [0.2, 0.25) is 0 Å². The lowest BCUT2D eigenvalue weighted by atomic mass is 10.1. The first-order valence-corrected chi connectivity index (χ1v) is 6.53. The summed E-state index contributed by atoms with van der Waals surface area (Å²) in [6, 6.07) is 4.16. The summed E-state index contributed by atoms with van der Waals surface area (Å²) in [6.07, 6.45) is 2.64. The number of pyridine rings is 1. The molecule has 2 atom stereocenters. The number of fused-ring (bicyclic) bond motifs is 1. The van der Waals surface area contributed by atoms with Gasteiger partial charge < -0.3 is 5.32 Å². The number of non-ortho nitro benzene ring substituents is 1. The first-order chi connectivity index (χ1) is 9.58. The minimum Gasteiger partial charge on any atom is -0.381 e.